The fourth-order valence-corrected chi connectivity index (χ4v) is 2.14. The Balaban J connectivity index is 2.02. The number of rotatable bonds is 3. The van der Waals surface area contributed by atoms with Crippen LogP contribution in [0.15, 0.2) is 6.07 Å². The largest absolute Gasteiger partial charge is 0.384 e. The summed E-state index contributed by atoms with van der Waals surface area (Å²) in [5.41, 5.74) is 5.62. The second-order valence-electron chi connectivity index (χ2n) is 6.19. The van der Waals surface area contributed by atoms with Crippen LogP contribution in [0.3, 0.4) is 0 Å². The number of amides is 1. The zero-order valence-electron chi connectivity index (χ0n) is 12.4. The first-order chi connectivity index (χ1) is 9.36. The Morgan fingerprint density at radius 3 is 2.60 bits per heavy atom. The number of anilines is 2. The smallest absolute Gasteiger partial charge is 0.241 e. The Morgan fingerprint density at radius 1 is 1.35 bits per heavy atom. The summed E-state index contributed by atoms with van der Waals surface area (Å²) in [5, 5.41) is 3.05. The van der Waals surface area contributed by atoms with Gasteiger partial charge in [-0.25, -0.2) is 9.97 Å². The van der Waals surface area contributed by atoms with Gasteiger partial charge in [0.05, 0.1) is 6.54 Å². The Labute approximate surface area is 119 Å². The molecule has 1 fully saturated rings. The number of nitrogen functional groups attached to an aromatic ring is 1. The minimum Gasteiger partial charge on any atom is -0.384 e. The molecule has 0 radical (unpaired) electrons. The average Bonchev–Trinajstić information content (AvgIpc) is 2.88. The van der Waals surface area contributed by atoms with Gasteiger partial charge < -0.3 is 16.0 Å². The van der Waals surface area contributed by atoms with Crippen molar-refractivity contribution in [2.24, 2.45) is 0 Å². The van der Waals surface area contributed by atoms with Crippen LogP contribution < -0.4 is 11.1 Å². The van der Waals surface area contributed by atoms with Crippen LogP contribution in [0.2, 0.25) is 0 Å². The minimum atomic E-state index is -0.176. The average molecular weight is 277 g/mol. The highest BCUT2D eigenvalue weighted by Gasteiger charge is 2.20. The highest BCUT2D eigenvalue weighted by molar-refractivity contribution is 5.80. The van der Waals surface area contributed by atoms with E-state index in [9.17, 15) is 4.79 Å². The van der Waals surface area contributed by atoms with Crippen LogP contribution in [-0.2, 0) is 10.2 Å². The monoisotopic (exact) mass is 277 g/mol. The molecule has 2 rings (SSSR count). The van der Waals surface area contributed by atoms with E-state index in [2.05, 4.69) is 15.3 Å². The van der Waals surface area contributed by atoms with Gasteiger partial charge >= 0.3 is 0 Å². The molecule has 6 nitrogen and oxygen atoms in total. The molecule has 0 saturated carbocycles. The highest BCUT2D eigenvalue weighted by atomic mass is 16.2. The van der Waals surface area contributed by atoms with Gasteiger partial charge in [0.2, 0.25) is 5.91 Å². The van der Waals surface area contributed by atoms with Crippen LogP contribution >= 0.6 is 0 Å². The third-order valence-corrected chi connectivity index (χ3v) is 3.30. The topological polar surface area (TPSA) is 84.1 Å². The Bertz CT molecular complexity index is 489. The molecule has 1 aromatic heterocycles. The maximum Gasteiger partial charge on any atom is 0.241 e. The third kappa shape index (κ3) is 3.59. The predicted octanol–water partition coefficient (Wildman–Crippen LogP) is 1.39. The van der Waals surface area contributed by atoms with Crippen molar-refractivity contribution < 1.29 is 4.79 Å². The molecule has 0 bridgehead atoms. The number of aromatic nitrogens is 2. The van der Waals surface area contributed by atoms with Crippen molar-refractivity contribution in [2.45, 2.75) is 39.0 Å². The summed E-state index contributed by atoms with van der Waals surface area (Å²) < 4.78 is 0. The number of nitrogens with two attached hydrogens (primary N) is 1. The predicted molar refractivity (Wildman–Crippen MR) is 79.4 cm³/mol. The summed E-state index contributed by atoms with van der Waals surface area (Å²) in [6, 6.07) is 1.66. The quantitative estimate of drug-likeness (QED) is 0.872. The zero-order valence-corrected chi connectivity index (χ0v) is 12.4. The summed E-state index contributed by atoms with van der Waals surface area (Å²) in [6.07, 6.45) is 2.20. The van der Waals surface area contributed by atoms with Crippen LogP contribution in [-0.4, -0.2) is 40.4 Å². The normalized spacial score (nSPS) is 15.4. The molecule has 3 N–H and O–H groups in total. The number of carbonyl (C=O) groups is 1. The molecule has 0 unspecified atom stereocenters. The lowest BCUT2D eigenvalue weighted by Crippen LogP contribution is -2.33. The van der Waals surface area contributed by atoms with Gasteiger partial charge in [0.15, 0.2) is 0 Å². The molecule has 6 heteroatoms. The maximum atomic E-state index is 12.0. The molecule has 2 heterocycles. The number of nitrogens with one attached hydrogen (secondary N) is 1. The minimum absolute atomic E-state index is 0.108. The molecular formula is C14H23N5O. The van der Waals surface area contributed by atoms with E-state index in [1.165, 1.54) is 0 Å². The van der Waals surface area contributed by atoms with Gasteiger partial charge in [-0.1, -0.05) is 20.8 Å². The van der Waals surface area contributed by atoms with E-state index in [-0.39, 0.29) is 17.9 Å². The van der Waals surface area contributed by atoms with Gasteiger partial charge in [-0.15, -0.1) is 0 Å². The Kier molecular flexibility index (Phi) is 4.11. The van der Waals surface area contributed by atoms with Crippen LogP contribution in [0.25, 0.3) is 0 Å². The van der Waals surface area contributed by atoms with E-state index in [1.807, 2.05) is 25.7 Å². The van der Waals surface area contributed by atoms with Crippen LogP contribution in [0, 0.1) is 0 Å². The van der Waals surface area contributed by atoms with E-state index in [1.54, 1.807) is 6.07 Å². The summed E-state index contributed by atoms with van der Waals surface area (Å²) in [5.74, 6) is 1.81. The van der Waals surface area contributed by atoms with Gasteiger partial charge in [0.1, 0.15) is 17.5 Å². The van der Waals surface area contributed by atoms with Gasteiger partial charge in [-0.3, -0.25) is 4.79 Å². The number of hydrogen-bond donors (Lipinski definition) is 2. The lowest BCUT2D eigenvalue weighted by Gasteiger charge is -2.19. The number of carbonyl (C=O) groups excluding carboxylic acids is 1. The fourth-order valence-electron chi connectivity index (χ4n) is 2.14. The molecule has 20 heavy (non-hydrogen) atoms. The molecule has 110 valence electrons. The van der Waals surface area contributed by atoms with Gasteiger partial charge in [0.25, 0.3) is 0 Å². The van der Waals surface area contributed by atoms with E-state index < -0.39 is 0 Å². The number of likely N-dealkylation sites (tertiary alicyclic amines) is 1. The first-order valence-corrected chi connectivity index (χ1v) is 7.03. The Hall–Kier alpha value is -1.85. The van der Waals surface area contributed by atoms with Crippen LogP contribution in [0.5, 0.6) is 0 Å². The van der Waals surface area contributed by atoms with Crippen molar-refractivity contribution in [3.05, 3.63) is 11.9 Å². The van der Waals surface area contributed by atoms with Crippen molar-refractivity contribution in [1.29, 1.82) is 0 Å². The van der Waals surface area contributed by atoms with Gasteiger partial charge in [-0.05, 0) is 12.8 Å². The van der Waals surface area contributed by atoms with Crippen molar-refractivity contribution in [3.63, 3.8) is 0 Å². The molecule has 0 atom stereocenters. The van der Waals surface area contributed by atoms with E-state index in [0.717, 1.165) is 25.9 Å². The second-order valence-corrected chi connectivity index (χ2v) is 6.19. The van der Waals surface area contributed by atoms with E-state index >= 15 is 0 Å². The van der Waals surface area contributed by atoms with Crippen LogP contribution in [0.4, 0.5) is 11.6 Å². The van der Waals surface area contributed by atoms with Gasteiger partial charge in [0, 0.05) is 24.6 Å². The molecule has 0 aromatic carbocycles. The van der Waals surface area contributed by atoms with Gasteiger partial charge in [-0.2, -0.15) is 0 Å². The first kappa shape index (κ1) is 14.6. The highest BCUT2D eigenvalue weighted by Crippen LogP contribution is 2.21. The lowest BCUT2D eigenvalue weighted by molar-refractivity contribution is -0.128. The molecule has 1 aliphatic rings. The standard InChI is InChI=1S/C14H23N5O/c1-14(2,3)13-17-10(15)8-11(18-13)16-9-12(20)19-6-4-5-7-19/h8H,4-7,9H2,1-3H3,(H3,15,16,17,18). The second kappa shape index (κ2) is 5.64. The molecule has 1 amide bonds. The summed E-state index contributed by atoms with van der Waals surface area (Å²) >= 11 is 0. The first-order valence-electron chi connectivity index (χ1n) is 7.03. The maximum absolute atomic E-state index is 12.0. The van der Waals surface area contributed by atoms with Crippen molar-refractivity contribution in [3.8, 4) is 0 Å². The SMILES string of the molecule is CC(C)(C)c1nc(N)cc(NCC(=O)N2CCCC2)n1. The summed E-state index contributed by atoms with van der Waals surface area (Å²) in [6.45, 7) is 8.06. The summed E-state index contributed by atoms with van der Waals surface area (Å²) in [4.78, 5) is 22.5. The van der Waals surface area contributed by atoms with E-state index in [0.29, 0.717) is 17.5 Å². The molecule has 0 aliphatic carbocycles. The lowest BCUT2D eigenvalue weighted by atomic mass is 9.96. The summed E-state index contributed by atoms with van der Waals surface area (Å²) in [7, 11) is 0. The number of hydrogen-bond acceptors (Lipinski definition) is 5. The molecule has 1 saturated heterocycles. The number of nitrogens with zero attached hydrogens (tertiary/aromatic N) is 3. The fraction of sp³-hybridized carbons (Fsp3) is 0.643. The molecule has 1 aliphatic heterocycles. The Morgan fingerprint density at radius 2 is 2.00 bits per heavy atom. The van der Waals surface area contributed by atoms with Crippen molar-refractivity contribution in [1.82, 2.24) is 14.9 Å². The van der Waals surface area contributed by atoms with Crippen LogP contribution in [0.1, 0.15) is 39.4 Å². The molecular weight excluding hydrogens is 254 g/mol. The van der Waals surface area contributed by atoms with Crippen molar-refractivity contribution >= 4 is 17.5 Å². The van der Waals surface area contributed by atoms with E-state index in [4.69, 9.17) is 5.73 Å². The molecule has 0 spiro atoms. The third-order valence-electron chi connectivity index (χ3n) is 3.30. The molecule has 1 aromatic rings. The zero-order chi connectivity index (χ0) is 14.8. The van der Waals surface area contributed by atoms with Crippen molar-refractivity contribution in [2.75, 3.05) is 30.7 Å².